The molecule has 6 rings (SSSR count). The molecule has 0 spiro atoms. The van der Waals surface area contributed by atoms with Gasteiger partial charge in [0, 0.05) is 54.0 Å². The third kappa shape index (κ3) is 3.91. The molecule has 0 aliphatic rings. The molecule has 0 unspecified atom stereocenters. The van der Waals surface area contributed by atoms with Gasteiger partial charge in [0.15, 0.2) is 5.82 Å². The first-order valence-corrected chi connectivity index (χ1v) is 11.7. The van der Waals surface area contributed by atoms with Crippen LogP contribution in [0.4, 0.5) is 5.82 Å². The number of aromatic nitrogens is 6. The summed E-state index contributed by atoms with van der Waals surface area (Å²) in [4.78, 5) is 23.6. The maximum absolute atomic E-state index is 4.91. The normalized spacial score (nSPS) is 11.1. The average Bonchev–Trinajstić information content (AvgIpc) is 3.59. The number of nitrogens with zero attached hydrogens (tertiary/aromatic N) is 6. The van der Waals surface area contributed by atoms with E-state index in [9.17, 15) is 0 Å². The Balaban J connectivity index is 1.38. The SMILES string of the molecule is c1ccc(-c2csc3nc(-c4cccnc4)nc(NCc4ccc(-n5ccnc5)nc4)c23)cc1. The van der Waals surface area contributed by atoms with Crippen LogP contribution in [0.3, 0.4) is 0 Å². The fourth-order valence-electron chi connectivity index (χ4n) is 3.78. The predicted octanol–water partition coefficient (Wildman–Crippen LogP) is 5.61. The Morgan fingerprint density at radius 1 is 0.853 bits per heavy atom. The second-order valence-electron chi connectivity index (χ2n) is 7.68. The molecule has 34 heavy (non-hydrogen) atoms. The zero-order valence-corrected chi connectivity index (χ0v) is 18.9. The molecule has 1 aromatic carbocycles. The van der Waals surface area contributed by atoms with Gasteiger partial charge < -0.3 is 5.32 Å². The van der Waals surface area contributed by atoms with E-state index in [1.54, 1.807) is 36.3 Å². The van der Waals surface area contributed by atoms with Crippen molar-refractivity contribution in [2.24, 2.45) is 0 Å². The smallest absolute Gasteiger partial charge is 0.164 e. The van der Waals surface area contributed by atoms with Gasteiger partial charge in [0.25, 0.3) is 0 Å². The molecule has 7 nitrogen and oxygen atoms in total. The highest BCUT2D eigenvalue weighted by atomic mass is 32.1. The Morgan fingerprint density at radius 2 is 1.76 bits per heavy atom. The minimum Gasteiger partial charge on any atom is -0.365 e. The summed E-state index contributed by atoms with van der Waals surface area (Å²) in [5, 5.41) is 6.71. The molecule has 0 saturated heterocycles. The van der Waals surface area contributed by atoms with Crippen molar-refractivity contribution in [1.82, 2.24) is 29.5 Å². The monoisotopic (exact) mass is 461 g/mol. The van der Waals surface area contributed by atoms with Crippen LogP contribution in [-0.2, 0) is 6.54 Å². The molecular weight excluding hydrogens is 442 g/mol. The highest BCUT2D eigenvalue weighted by molar-refractivity contribution is 7.17. The van der Waals surface area contributed by atoms with E-state index in [0.29, 0.717) is 12.4 Å². The molecule has 164 valence electrons. The standard InChI is InChI=1S/C26H19N7S/c1-2-5-19(6-3-1)21-16-34-26-23(21)25(31-24(32-26)20-7-4-10-27-15-20)30-14-18-8-9-22(29-13-18)33-12-11-28-17-33/h1-13,15-17H,14H2,(H,30,31,32). The van der Waals surface area contributed by atoms with Gasteiger partial charge in [-0.15, -0.1) is 11.3 Å². The summed E-state index contributed by atoms with van der Waals surface area (Å²) in [5.41, 5.74) is 4.19. The summed E-state index contributed by atoms with van der Waals surface area (Å²) in [6, 6.07) is 18.2. The van der Waals surface area contributed by atoms with E-state index in [4.69, 9.17) is 9.97 Å². The minimum absolute atomic E-state index is 0.583. The lowest BCUT2D eigenvalue weighted by Crippen LogP contribution is -2.05. The molecule has 0 radical (unpaired) electrons. The van der Waals surface area contributed by atoms with E-state index in [1.807, 2.05) is 53.4 Å². The van der Waals surface area contributed by atoms with Crippen LogP contribution in [0.15, 0.2) is 97.3 Å². The third-order valence-corrected chi connectivity index (χ3v) is 6.35. The van der Waals surface area contributed by atoms with Gasteiger partial charge in [-0.2, -0.15) is 0 Å². The van der Waals surface area contributed by atoms with Crippen molar-refractivity contribution in [2.75, 3.05) is 5.32 Å². The molecule has 5 aromatic heterocycles. The lowest BCUT2D eigenvalue weighted by molar-refractivity contribution is 0.977. The first-order chi connectivity index (χ1) is 16.8. The number of fused-ring (bicyclic) bond motifs is 1. The van der Waals surface area contributed by atoms with E-state index < -0.39 is 0 Å². The molecule has 0 fully saturated rings. The van der Waals surface area contributed by atoms with E-state index in [0.717, 1.165) is 44.1 Å². The van der Waals surface area contributed by atoms with Gasteiger partial charge in [0.05, 0.1) is 5.39 Å². The highest BCUT2D eigenvalue weighted by Gasteiger charge is 2.16. The number of benzene rings is 1. The summed E-state index contributed by atoms with van der Waals surface area (Å²) in [6.07, 6.45) is 10.8. The maximum Gasteiger partial charge on any atom is 0.164 e. The van der Waals surface area contributed by atoms with Crippen molar-refractivity contribution >= 4 is 27.4 Å². The maximum atomic E-state index is 4.91. The Kier molecular flexibility index (Phi) is 5.25. The number of thiophene rings is 1. The van der Waals surface area contributed by atoms with Crippen LogP contribution >= 0.6 is 11.3 Å². The molecule has 0 saturated carbocycles. The van der Waals surface area contributed by atoms with Crippen LogP contribution in [0.2, 0.25) is 0 Å². The van der Waals surface area contributed by atoms with Crippen molar-refractivity contribution in [1.29, 1.82) is 0 Å². The molecule has 0 atom stereocenters. The van der Waals surface area contributed by atoms with Crippen LogP contribution in [0.5, 0.6) is 0 Å². The summed E-state index contributed by atoms with van der Waals surface area (Å²) >= 11 is 1.62. The quantitative estimate of drug-likeness (QED) is 0.347. The Morgan fingerprint density at radius 3 is 2.53 bits per heavy atom. The van der Waals surface area contributed by atoms with Gasteiger partial charge in [-0.1, -0.05) is 36.4 Å². The number of hydrogen-bond acceptors (Lipinski definition) is 7. The van der Waals surface area contributed by atoms with Crippen LogP contribution in [0, 0.1) is 0 Å². The fraction of sp³-hybridized carbons (Fsp3) is 0.0385. The van der Waals surface area contributed by atoms with Crippen LogP contribution < -0.4 is 5.32 Å². The van der Waals surface area contributed by atoms with E-state index in [2.05, 4.69) is 43.8 Å². The summed E-state index contributed by atoms with van der Waals surface area (Å²) in [6.45, 7) is 0.583. The second-order valence-corrected chi connectivity index (χ2v) is 8.54. The molecule has 1 N–H and O–H groups in total. The molecule has 5 heterocycles. The highest BCUT2D eigenvalue weighted by Crippen LogP contribution is 2.38. The topological polar surface area (TPSA) is 81.4 Å². The number of rotatable bonds is 6. The zero-order chi connectivity index (χ0) is 22.7. The minimum atomic E-state index is 0.583. The summed E-state index contributed by atoms with van der Waals surface area (Å²) in [7, 11) is 0. The first-order valence-electron chi connectivity index (χ1n) is 10.8. The van der Waals surface area contributed by atoms with Crippen molar-refractivity contribution in [2.45, 2.75) is 6.54 Å². The lowest BCUT2D eigenvalue weighted by Gasteiger charge is -2.11. The van der Waals surface area contributed by atoms with Gasteiger partial charge in [0.1, 0.15) is 22.8 Å². The van der Waals surface area contributed by atoms with Crippen molar-refractivity contribution < 1.29 is 0 Å². The molecule has 0 amide bonds. The van der Waals surface area contributed by atoms with Gasteiger partial charge >= 0.3 is 0 Å². The van der Waals surface area contributed by atoms with E-state index >= 15 is 0 Å². The zero-order valence-electron chi connectivity index (χ0n) is 18.0. The van der Waals surface area contributed by atoms with Gasteiger partial charge in [-0.25, -0.2) is 19.9 Å². The van der Waals surface area contributed by atoms with Crippen LogP contribution in [0.25, 0.3) is 38.5 Å². The predicted molar refractivity (Wildman–Crippen MR) is 135 cm³/mol. The van der Waals surface area contributed by atoms with Crippen molar-refractivity contribution in [3.05, 3.63) is 103 Å². The number of nitrogens with one attached hydrogen (secondary N) is 1. The largest absolute Gasteiger partial charge is 0.365 e. The molecule has 0 aliphatic carbocycles. The number of imidazole rings is 1. The molecule has 0 bridgehead atoms. The van der Waals surface area contributed by atoms with Gasteiger partial charge in [0.2, 0.25) is 0 Å². The third-order valence-electron chi connectivity index (χ3n) is 5.48. The Bertz CT molecular complexity index is 1530. The molecule has 6 aromatic rings. The number of hydrogen-bond donors (Lipinski definition) is 1. The summed E-state index contributed by atoms with van der Waals surface area (Å²) < 4.78 is 1.88. The Labute approximate surface area is 199 Å². The first kappa shape index (κ1) is 20.2. The van der Waals surface area contributed by atoms with E-state index in [1.165, 1.54) is 0 Å². The summed E-state index contributed by atoms with van der Waals surface area (Å²) in [5.74, 6) is 2.27. The lowest BCUT2D eigenvalue weighted by atomic mass is 10.1. The fourth-order valence-corrected chi connectivity index (χ4v) is 4.73. The van der Waals surface area contributed by atoms with Crippen molar-refractivity contribution in [3.63, 3.8) is 0 Å². The van der Waals surface area contributed by atoms with Gasteiger partial charge in [-0.05, 0) is 29.3 Å². The second kappa shape index (κ2) is 8.84. The Hall–Kier alpha value is -4.43. The van der Waals surface area contributed by atoms with Crippen LogP contribution in [-0.4, -0.2) is 29.5 Å². The molecule has 0 aliphatic heterocycles. The number of pyridine rings is 2. The van der Waals surface area contributed by atoms with E-state index in [-0.39, 0.29) is 0 Å². The van der Waals surface area contributed by atoms with Gasteiger partial charge in [-0.3, -0.25) is 9.55 Å². The average molecular weight is 462 g/mol. The molecule has 8 heteroatoms. The molecular formula is C26H19N7S. The van der Waals surface area contributed by atoms with Crippen LogP contribution in [0.1, 0.15) is 5.56 Å². The van der Waals surface area contributed by atoms with Crippen molar-refractivity contribution in [3.8, 4) is 28.3 Å². The number of anilines is 1.